The molecule has 1 amide bonds. The predicted molar refractivity (Wildman–Crippen MR) is 79.7 cm³/mol. The summed E-state index contributed by atoms with van der Waals surface area (Å²) in [6.07, 6.45) is 10.3. The number of hydrogen-bond donors (Lipinski definition) is 0. The van der Waals surface area contributed by atoms with Gasteiger partial charge in [-0.2, -0.15) is 0 Å². The Kier molecular flexibility index (Phi) is 3.13. The van der Waals surface area contributed by atoms with Crippen molar-refractivity contribution in [3.05, 3.63) is 30.6 Å². The Morgan fingerprint density at radius 3 is 2.43 bits per heavy atom. The van der Waals surface area contributed by atoms with Gasteiger partial charge in [-0.05, 0) is 30.7 Å². The van der Waals surface area contributed by atoms with E-state index < -0.39 is 0 Å². The largest absolute Gasteiger partial charge is 0.339 e. The molecule has 0 spiro atoms. The van der Waals surface area contributed by atoms with Crippen LogP contribution in [0, 0.1) is 17.8 Å². The Bertz CT molecular complexity index is 551. The molecule has 0 aromatic carbocycles. The Morgan fingerprint density at radius 2 is 1.81 bits per heavy atom. The third kappa shape index (κ3) is 2.30. The molecule has 21 heavy (non-hydrogen) atoms. The van der Waals surface area contributed by atoms with Crippen molar-refractivity contribution >= 4 is 11.9 Å². The quantitative estimate of drug-likeness (QED) is 0.769. The van der Waals surface area contributed by atoms with Crippen molar-refractivity contribution in [2.45, 2.75) is 12.8 Å². The highest BCUT2D eigenvalue weighted by molar-refractivity contribution is 5.80. The second kappa shape index (κ2) is 5.13. The molecule has 3 aliphatic rings. The van der Waals surface area contributed by atoms with E-state index in [1.165, 1.54) is 6.42 Å². The van der Waals surface area contributed by atoms with Gasteiger partial charge in [0.05, 0.1) is 0 Å². The van der Waals surface area contributed by atoms with Gasteiger partial charge in [0.2, 0.25) is 11.9 Å². The summed E-state index contributed by atoms with van der Waals surface area (Å²) in [5, 5.41) is 0. The monoisotopic (exact) mass is 284 g/mol. The van der Waals surface area contributed by atoms with Crippen LogP contribution in [0.1, 0.15) is 12.8 Å². The van der Waals surface area contributed by atoms with Crippen LogP contribution in [0.15, 0.2) is 30.6 Å². The van der Waals surface area contributed by atoms with Crippen LogP contribution in [0.3, 0.4) is 0 Å². The number of piperazine rings is 1. The molecule has 5 heteroatoms. The molecule has 2 heterocycles. The van der Waals surface area contributed by atoms with E-state index in [9.17, 15) is 4.79 Å². The van der Waals surface area contributed by atoms with Gasteiger partial charge in [0.1, 0.15) is 0 Å². The number of fused-ring (bicyclic) bond motifs is 2. The highest BCUT2D eigenvalue weighted by atomic mass is 16.2. The van der Waals surface area contributed by atoms with E-state index in [0.717, 1.165) is 38.5 Å². The lowest BCUT2D eigenvalue weighted by molar-refractivity contribution is -0.136. The Morgan fingerprint density at radius 1 is 1.05 bits per heavy atom. The van der Waals surface area contributed by atoms with Crippen LogP contribution >= 0.6 is 0 Å². The smallest absolute Gasteiger partial charge is 0.226 e. The summed E-state index contributed by atoms with van der Waals surface area (Å²) in [5.41, 5.74) is 0. The van der Waals surface area contributed by atoms with E-state index >= 15 is 0 Å². The molecule has 1 aliphatic heterocycles. The minimum atomic E-state index is 0.236. The summed E-state index contributed by atoms with van der Waals surface area (Å²) in [5.74, 6) is 2.52. The van der Waals surface area contributed by atoms with Gasteiger partial charge >= 0.3 is 0 Å². The van der Waals surface area contributed by atoms with Crippen LogP contribution in [0.25, 0.3) is 0 Å². The van der Waals surface area contributed by atoms with Gasteiger partial charge in [0.15, 0.2) is 0 Å². The maximum absolute atomic E-state index is 12.7. The number of allylic oxidation sites excluding steroid dienone is 2. The number of aromatic nitrogens is 2. The molecule has 1 saturated heterocycles. The molecule has 3 atom stereocenters. The SMILES string of the molecule is O=C(C1CC2C=CC1C2)N1CCN(c2ncccn2)CC1. The third-order valence-electron chi connectivity index (χ3n) is 5.02. The van der Waals surface area contributed by atoms with Gasteiger partial charge in [0.25, 0.3) is 0 Å². The van der Waals surface area contributed by atoms with Crippen molar-refractivity contribution in [1.82, 2.24) is 14.9 Å². The predicted octanol–water partition coefficient (Wildman–Crippen LogP) is 1.34. The van der Waals surface area contributed by atoms with Gasteiger partial charge in [-0.25, -0.2) is 9.97 Å². The molecule has 2 bridgehead atoms. The minimum absolute atomic E-state index is 0.236. The lowest BCUT2D eigenvalue weighted by atomic mass is 9.92. The van der Waals surface area contributed by atoms with E-state index in [1.807, 2.05) is 11.0 Å². The van der Waals surface area contributed by atoms with Crippen molar-refractivity contribution in [1.29, 1.82) is 0 Å². The average Bonchev–Trinajstić information content (AvgIpc) is 3.18. The van der Waals surface area contributed by atoms with Crippen LogP contribution in [0.4, 0.5) is 5.95 Å². The van der Waals surface area contributed by atoms with Crippen molar-refractivity contribution in [2.75, 3.05) is 31.1 Å². The van der Waals surface area contributed by atoms with E-state index in [2.05, 4.69) is 27.0 Å². The van der Waals surface area contributed by atoms with Gasteiger partial charge < -0.3 is 9.80 Å². The molecule has 4 rings (SSSR count). The molecule has 0 N–H and O–H groups in total. The van der Waals surface area contributed by atoms with Crippen molar-refractivity contribution in [2.24, 2.45) is 17.8 Å². The zero-order valence-electron chi connectivity index (χ0n) is 12.1. The van der Waals surface area contributed by atoms with Crippen LogP contribution in [0.2, 0.25) is 0 Å². The molecule has 1 saturated carbocycles. The first kappa shape index (κ1) is 12.8. The summed E-state index contributed by atoms with van der Waals surface area (Å²) in [6.45, 7) is 3.22. The van der Waals surface area contributed by atoms with Crippen LogP contribution < -0.4 is 4.90 Å². The molecule has 1 aromatic heterocycles. The Hall–Kier alpha value is -1.91. The van der Waals surface area contributed by atoms with Crippen LogP contribution in [-0.2, 0) is 4.79 Å². The fraction of sp³-hybridized carbons (Fsp3) is 0.562. The van der Waals surface area contributed by atoms with Crippen molar-refractivity contribution in [3.63, 3.8) is 0 Å². The standard InChI is InChI=1S/C16H20N4O/c21-15(14-11-12-2-3-13(14)10-12)19-6-8-20(9-7-19)16-17-4-1-5-18-16/h1-5,12-14H,6-11H2. The van der Waals surface area contributed by atoms with Crippen LogP contribution in [-0.4, -0.2) is 47.0 Å². The number of carbonyl (C=O) groups is 1. The van der Waals surface area contributed by atoms with Crippen LogP contribution in [0.5, 0.6) is 0 Å². The lowest BCUT2D eigenvalue weighted by Gasteiger charge is -2.36. The second-order valence-electron chi connectivity index (χ2n) is 6.25. The Labute approximate surface area is 124 Å². The van der Waals surface area contributed by atoms with Crippen molar-refractivity contribution in [3.8, 4) is 0 Å². The molecule has 0 radical (unpaired) electrons. The fourth-order valence-corrected chi connectivity index (χ4v) is 3.88. The second-order valence-corrected chi connectivity index (χ2v) is 6.25. The third-order valence-corrected chi connectivity index (χ3v) is 5.02. The number of rotatable bonds is 2. The first-order chi connectivity index (χ1) is 10.3. The summed E-state index contributed by atoms with van der Waals surface area (Å²) in [4.78, 5) is 25.4. The molecule has 3 unspecified atom stereocenters. The summed E-state index contributed by atoms with van der Waals surface area (Å²) in [7, 11) is 0. The van der Waals surface area contributed by atoms with E-state index in [1.54, 1.807) is 12.4 Å². The maximum Gasteiger partial charge on any atom is 0.226 e. The Balaban J connectivity index is 1.37. The first-order valence-electron chi connectivity index (χ1n) is 7.80. The molecule has 110 valence electrons. The molecule has 2 aliphatic carbocycles. The summed E-state index contributed by atoms with van der Waals surface area (Å²) >= 11 is 0. The molecular weight excluding hydrogens is 264 g/mol. The molecule has 2 fully saturated rings. The van der Waals surface area contributed by atoms with Crippen molar-refractivity contribution < 1.29 is 4.79 Å². The molecular formula is C16H20N4O. The van der Waals surface area contributed by atoms with Gasteiger partial charge in [-0.3, -0.25) is 4.79 Å². The minimum Gasteiger partial charge on any atom is -0.339 e. The highest BCUT2D eigenvalue weighted by Crippen LogP contribution is 2.44. The highest BCUT2D eigenvalue weighted by Gasteiger charge is 2.41. The summed E-state index contributed by atoms with van der Waals surface area (Å²) in [6, 6.07) is 1.83. The normalized spacial score (nSPS) is 31.0. The molecule has 5 nitrogen and oxygen atoms in total. The number of carbonyl (C=O) groups excluding carboxylic acids is 1. The number of anilines is 1. The van der Waals surface area contributed by atoms with E-state index in [-0.39, 0.29) is 5.92 Å². The average molecular weight is 284 g/mol. The number of nitrogens with zero attached hydrogens (tertiary/aromatic N) is 4. The van der Waals surface area contributed by atoms with Gasteiger partial charge in [0, 0.05) is 44.5 Å². The maximum atomic E-state index is 12.7. The zero-order chi connectivity index (χ0) is 14.2. The number of amides is 1. The first-order valence-corrected chi connectivity index (χ1v) is 7.80. The van der Waals surface area contributed by atoms with E-state index in [0.29, 0.717) is 17.7 Å². The lowest BCUT2D eigenvalue weighted by Crippen LogP contribution is -2.51. The van der Waals surface area contributed by atoms with Gasteiger partial charge in [-0.15, -0.1) is 0 Å². The van der Waals surface area contributed by atoms with Gasteiger partial charge in [-0.1, -0.05) is 12.2 Å². The van der Waals surface area contributed by atoms with E-state index in [4.69, 9.17) is 0 Å². The topological polar surface area (TPSA) is 49.3 Å². The zero-order valence-corrected chi connectivity index (χ0v) is 12.1. The summed E-state index contributed by atoms with van der Waals surface area (Å²) < 4.78 is 0. The molecule has 1 aromatic rings. The number of hydrogen-bond acceptors (Lipinski definition) is 4. The fourth-order valence-electron chi connectivity index (χ4n) is 3.88.